The summed E-state index contributed by atoms with van der Waals surface area (Å²) in [5.74, 6) is 0. The summed E-state index contributed by atoms with van der Waals surface area (Å²) in [6.07, 6.45) is 4.72. The first-order chi connectivity index (χ1) is 1.91. The summed E-state index contributed by atoms with van der Waals surface area (Å²) in [5.41, 5.74) is 0. The maximum absolute atomic E-state index is 5.12. The standard InChI is InChI=1S/C2H.ClH.Sn/c1-2;;/h1H;1H;/q;;+1/p-1. The van der Waals surface area contributed by atoms with Crippen LogP contribution in [0.15, 0.2) is 0 Å². The van der Waals surface area contributed by atoms with Crippen molar-refractivity contribution in [2.75, 3.05) is 0 Å². The Morgan fingerprint density at radius 2 is 2.25 bits per heavy atom. The summed E-state index contributed by atoms with van der Waals surface area (Å²) in [6.45, 7) is 0. The fourth-order valence-electron chi connectivity index (χ4n) is 0. The molecule has 0 saturated heterocycles. The van der Waals surface area contributed by atoms with Gasteiger partial charge in [-0.3, -0.25) is 0 Å². The third-order valence-corrected chi connectivity index (χ3v) is 1.10. The molecule has 0 unspecified atom stereocenters. The van der Waals surface area contributed by atoms with Crippen molar-refractivity contribution in [1.29, 1.82) is 0 Å². The van der Waals surface area contributed by atoms with E-state index in [-0.39, 0.29) is 0 Å². The predicted octanol–water partition coefficient (Wildman–Crippen LogP) is 0.435. The van der Waals surface area contributed by atoms with Crippen LogP contribution in [0.2, 0.25) is 0 Å². The van der Waals surface area contributed by atoms with Crippen LogP contribution in [-0.4, -0.2) is 20.0 Å². The Hall–Kier alpha value is 0.649. The number of rotatable bonds is 0. The second kappa shape index (κ2) is 3.65. The molecule has 0 aliphatic carbocycles. The van der Waals surface area contributed by atoms with Gasteiger partial charge in [-0.15, -0.1) is 0 Å². The topological polar surface area (TPSA) is 0 Å². The summed E-state index contributed by atoms with van der Waals surface area (Å²) in [7, 11) is 5.12. The fraction of sp³-hybridized carbons (Fsp3) is 0. The van der Waals surface area contributed by atoms with Crippen LogP contribution in [0.4, 0.5) is 0 Å². The molecule has 0 spiro atoms. The molecule has 0 nitrogen and oxygen atoms in total. The second-order valence-corrected chi connectivity index (χ2v) is 2.87. The zero-order valence-corrected chi connectivity index (χ0v) is 5.57. The molecule has 2 heteroatoms. The summed E-state index contributed by atoms with van der Waals surface area (Å²) >= 11 is -0.776. The third-order valence-electron chi connectivity index (χ3n) is 0.0546. The van der Waals surface area contributed by atoms with E-state index in [1.54, 1.807) is 0 Å². The average Bonchev–Trinajstić information content (AvgIpc) is 1.37. The van der Waals surface area contributed by atoms with Crippen LogP contribution in [0.5, 0.6) is 0 Å². The van der Waals surface area contributed by atoms with Crippen molar-refractivity contribution in [3.63, 3.8) is 0 Å². The Labute approximate surface area is 39.5 Å². The van der Waals surface area contributed by atoms with Gasteiger partial charge in [0.05, 0.1) is 0 Å². The molecule has 0 heterocycles. The van der Waals surface area contributed by atoms with Gasteiger partial charge in [0, 0.05) is 0 Å². The molecule has 2 radical (unpaired) electrons. The van der Waals surface area contributed by atoms with Crippen LogP contribution in [0.1, 0.15) is 0 Å². The van der Waals surface area contributed by atoms with Gasteiger partial charge < -0.3 is 0 Å². The zero-order valence-electron chi connectivity index (χ0n) is 1.96. The average molecular weight is 179 g/mol. The van der Waals surface area contributed by atoms with E-state index >= 15 is 0 Å². The molecule has 0 bridgehead atoms. The molecule has 0 atom stereocenters. The van der Waals surface area contributed by atoms with E-state index in [2.05, 4.69) is 3.94 Å². The van der Waals surface area contributed by atoms with Crippen molar-refractivity contribution in [3.8, 4) is 10.4 Å². The number of hydrogen-bond donors (Lipinski definition) is 0. The maximum atomic E-state index is 5.12. The Kier molecular flexibility index (Phi) is 4.24. The molecule has 0 aromatic carbocycles. The normalized spacial score (nSPS) is 5.00. The Morgan fingerprint density at radius 1 is 2.00 bits per heavy atom. The van der Waals surface area contributed by atoms with Gasteiger partial charge in [-0.2, -0.15) is 0 Å². The van der Waals surface area contributed by atoms with Crippen molar-refractivity contribution in [2.24, 2.45) is 0 Å². The Bertz CT molecular complexity index is 35.8. The van der Waals surface area contributed by atoms with E-state index < -0.39 is 20.0 Å². The molecule has 0 aromatic rings. The van der Waals surface area contributed by atoms with Crippen LogP contribution < -0.4 is 0 Å². The van der Waals surface area contributed by atoms with Gasteiger partial charge in [0.1, 0.15) is 0 Å². The second-order valence-electron chi connectivity index (χ2n) is 0.239. The van der Waals surface area contributed by atoms with Crippen molar-refractivity contribution >= 4 is 28.9 Å². The summed E-state index contributed by atoms with van der Waals surface area (Å²) in [5, 5.41) is 0. The van der Waals surface area contributed by atoms with E-state index in [1.165, 1.54) is 0 Å². The van der Waals surface area contributed by atoms with E-state index in [0.29, 0.717) is 0 Å². The Morgan fingerprint density at radius 3 is 2.25 bits per heavy atom. The molecule has 4 heavy (non-hydrogen) atoms. The fourth-order valence-corrected chi connectivity index (χ4v) is 0. The molecule has 0 amide bonds. The van der Waals surface area contributed by atoms with Gasteiger partial charge in [0.25, 0.3) is 0 Å². The van der Waals surface area contributed by atoms with Crippen LogP contribution in [0.25, 0.3) is 0 Å². The van der Waals surface area contributed by atoms with Gasteiger partial charge in [0.2, 0.25) is 0 Å². The van der Waals surface area contributed by atoms with Gasteiger partial charge in [0.15, 0.2) is 0 Å². The first-order valence-electron chi connectivity index (χ1n) is 0.728. The van der Waals surface area contributed by atoms with Crippen molar-refractivity contribution in [1.82, 2.24) is 0 Å². The van der Waals surface area contributed by atoms with Crippen molar-refractivity contribution in [2.45, 2.75) is 0 Å². The molecular weight excluding hydrogens is 178 g/mol. The summed E-state index contributed by atoms with van der Waals surface area (Å²) < 4.78 is 2.37. The molecule has 0 rings (SSSR count). The quantitative estimate of drug-likeness (QED) is 0.374. The molecule has 20 valence electrons. The minimum atomic E-state index is -0.776. The van der Waals surface area contributed by atoms with Gasteiger partial charge in [-0.1, -0.05) is 0 Å². The predicted molar refractivity (Wildman–Crippen MR) is 20.4 cm³/mol. The number of hydrogen-bond acceptors (Lipinski definition) is 0. The van der Waals surface area contributed by atoms with Crippen molar-refractivity contribution < 1.29 is 0 Å². The molecule has 0 aliphatic heterocycles. The zero-order chi connectivity index (χ0) is 3.41. The monoisotopic (exact) mass is 180 g/mol. The first kappa shape index (κ1) is 4.65. The van der Waals surface area contributed by atoms with E-state index in [1.807, 2.05) is 0 Å². The van der Waals surface area contributed by atoms with E-state index in [9.17, 15) is 0 Å². The van der Waals surface area contributed by atoms with E-state index in [4.69, 9.17) is 15.3 Å². The van der Waals surface area contributed by atoms with Gasteiger partial charge in [-0.05, 0) is 0 Å². The molecular formula is C2HClSn. The summed E-state index contributed by atoms with van der Waals surface area (Å²) in [6, 6.07) is 0. The summed E-state index contributed by atoms with van der Waals surface area (Å²) in [4.78, 5) is 0. The van der Waals surface area contributed by atoms with Crippen LogP contribution in [0.3, 0.4) is 0 Å². The SMILES string of the molecule is C#[C][Sn][Cl]. The number of halogens is 1. The number of terminal acetylenes is 1. The van der Waals surface area contributed by atoms with Crippen LogP contribution in [-0.2, 0) is 0 Å². The van der Waals surface area contributed by atoms with Gasteiger partial charge >= 0.3 is 39.3 Å². The third kappa shape index (κ3) is 2.65. The molecule has 0 fully saturated rings. The van der Waals surface area contributed by atoms with Crippen LogP contribution in [0, 0.1) is 10.4 Å². The minimum absolute atomic E-state index is 0.776. The van der Waals surface area contributed by atoms with E-state index in [0.717, 1.165) is 0 Å². The molecule has 0 saturated carbocycles. The Balaban J connectivity index is 2.43. The first-order valence-corrected chi connectivity index (χ1v) is 5.77. The van der Waals surface area contributed by atoms with Gasteiger partial charge in [-0.25, -0.2) is 0 Å². The molecule has 0 aliphatic rings. The molecule has 0 aromatic heterocycles. The molecule has 0 N–H and O–H groups in total. The van der Waals surface area contributed by atoms with Crippen LogP contribution >= 0.6 is 8.92 Å². The van der Waals surface area contributed by atoms with Crippen molar-refractivity contribution in [3.05, 3.63) is 0 Å².